The molecule has 4 heteroatoms. The average molecular weight is 337 g/mol. The molecule has 3 nitrogen and oxygen atoms in total. The molecule has 130 valence electrons. The highest BCUT2D eigenvalue weighted by Gasteiger charge is 2.34. The molecule has 1 saturated carbocycles. The van der Waals surface area contributed by atoms with Crippen LogP contribution < -0.4 is 9.62 Å². The lowest BCUT2D eigenvalue weighted by Gasteiger charge is -2.36. The fraction of sp³-hybridized carbons (Fsp3) is 0.684. The molecular formula is C19H32N2OS. The van der Waals surface area contributed by atoms with E-state index in [0.29, 0.717) is 29.5 Å². The van der Waals surface area contributed by atoms with Crippen LogP contribution in [0.3, 0.4) is 0 Å². The van der Waals surface area contributed by atoms with Gasteiger partial charge in [0, 0.05) is 26.3 Å². The van der Waals surface area contributed by atoms with E-state index in [-0.39, 0.29) is 0 Å². The molecule has 0 amide bonds. The summed E-state index contributed by atoms with van der Waals surface area (Å²) in [7, 11) is 3.13. The minimum absolute atomic E-state index is 0.291. The summed E-state index contributed by atoms with van der Waals surface area (Å²) in [4.78, 5) is 2.09. The Kier molecular flexibility index (Phi) is 6.66. The SMILES string of the molecule is CC(C)[C@@H]1CC[C@@H](C)C[C@@H]1[S@](=O)NCc1ccc(N(C)C)cc1. The van der Waals surface area contributed by atoms with Gasteiger partial charge in [-0.15, -0.1) is 0 Å². The van der Waals surface area contributed by atoms with Crippen LogP contribution >= 0.6 is 0 Å². The highest BCUT2D eigenvalue weighted by Crippen LogP contribution is 2.36. The van der Waals surface area contributed by atoms with Crippen molar-refractivity contribution in [2.75, 3.05) is 19.0 Å². The second-order valence-corrected chi connectivity index (χ2v) is 9.03. The molecule has 1 aromatic rings. The van der Waals surface area contributed by atoms with Gasteiger partial charge in [-0.1, -0.05) is 39.3 Å². The van der Waals surface area contributed by atoms with Gasteiger partial charge in [0.15, 0.2) is 0 Å². The predicted molar refractivity (Wildman–Crippen MR) is 101 cm³/mol. The van der Waals surface area contributed by atoms with Crippen LogP contribution in [0.25, 0.3) is 0 Å². The summed E-state index contributed by atoms with van der Waals surface area (Å²) in [6.07, 6.45) is 3.58. The van der Waals surface area contributed by atoms with Crippen molar-refractivity contribution >= 4 is 16.7 Å². The van der Waals surface area contributed by atoms with Gasteiger partial charge < -0.3 is 4.90 Å². The number of nitrogens with zero attached hydrogens (tertiary/aromatic N) is 1. The number of nitrogens with one attached hydrogen (secondary N) is 1. The molecule has 23 heavy (non-hydrogen) atoms. The zero-order valence-corrected chi connectivity index (χ0v) is 16.0. The minimum atomic E-state index is -0.953. The van der Waals surface area contributed by atoms with Crippen molar-refractivity contribution in [1.82, 2.24) is 4.72 Å². The standard InChI is InChI=1S/C19H32N2OS/c1-14(2)18-11-6-15(3)12-19(18)23(22)20-13-16-7-9-17(10-8-16)21(4)5/h7-10,14-15,18-20H,6,11-13H2,1-5H3/t15-,18+,19+,23+/m1/s1. The molecule has 0 unspecified atom stereocenters. The van der Waals surface area contributed by atoms with E-state index in [1.54, 1.807) is 0 Å². The van der Waals surface area contributed by atoms with Gasteiger partial charge in [0.2, 0.25) is 0 Å². The third-order valence-corrected chi connectivity index (χ3v) is 6.63. The van der Waals surface area contributed by atoms with E-state index < -0.39 is 11.0 Å². The summed E-state index contributed by atoms with van der Waals surface area (Å²) < 4.78 is 16.1. The molecule has 1 aliphatic carbocycles. The van der Waals surface area contributed by atoms with Crippen molar-refractivity contribution in [2.24, 2.45) is 17.8 Å². The topological polar surface area (TPSA) is 32.3 Å². The van der Waals surface area contributed by atoms with Crippen LogP contribution in [0.1, 0.15) is 45.6 Å². The number of hydrogen-bond donors (Lipinski definition) is 1. The van der Waals surface area contributed by atoms with Crippen LogP contribution in [0.4, 0.5) is 5.69 Å². The summed E-state index contributed by atoms with van der Waals surface area (Å²) in [5, 5.41) is 0.291. The fourth-order valence-electron chi connectivity index (χ4n) is 3.53. The highest BCUT2D eigenvalue weighted by atomic mass is 32.2. The molecule has 4 atom stereocenters. The number of benzene rings is 1. The molecule has 1 aliphatic rings. The Bertz CT molecular complexity index is 513. The molecule has 0 heterocycles. The monoisotopic (exact) mass is 336 g/mol. The minimum Gasteiger partial charge on any atom is -0.378 e. The predicted octanol–water partition coefficient (Wildman–Crippen LogP) is 3.97. The molecule has 0 radical (unpaired) electrons. The number of hydrogen-bond acceptors (Lipinski definition) is 2. The molecule has 0 aromatic heterocycles. The van der Waals surface area contributed by atoms with Gasteiger partial charge in [-0.25, -0.2) is 8.93 Å². The van der Waals surface area contributed by atoms with Gasteiger partial charge in [0.1, 0.15) is 0 Å². The lowest BCUT2D eigenvalue weighted by atomic mass is 9.77. The van der Waals surface area contributed by atoms with Crippen LogP contribution in [0.5, 0.6) is 0 Å². The van der Waals surface area contributed by atoms with Gasteiger partial charge in [-0.2, -0.15) is 0 Å². The maximum Gasteiger partial charge on any atom is 0.0953 e. The molecule has 0 bridgehead atoms. The van der Waals surface area contributed by atoms with E-state index in [0.717, 1.165) is 6.42 Å². The molecule has 0 spiro atoms. The highest BCUT2D eigenvalue weighted by molar-refractivity contribution is 7.83. The third kappa shape index (κ3) is 5.05. The van der Waals surface area contributed by atoms with Gasteiger partial charge in [-0.3, -0.25) is 0 Å². The maximum absolute atomic E-state index is 12.8. The Hall–Kier alpha value is -0.870. The van der Waals surface area contributed by atoms with Crippen molar-refractivity contribution in [3.05, 3.63) is 29.8 Å². The van der Waals surface area contributed by atoms with Gasteiger partial charge in [0.25, 0.3) is 0 Å². The first-order valence-corrected chi connectivity index (χ1v) is 10.00. The zero-order chi connectivity index (χ0) is 17.0. The third-order valence-electron chi connectivity index (χ3n) is 5.11. The molecular weight excluding hydrogens is 304 g/mol. The van der Waals surface area contributed by atoms with Crippen molar-refractivity contribution in [1.29, 1.82) is 0 Å². The van der Waals surface area contributed by atoms with Crippen LogP contribution in [0, 0.1) is 17.8 Å². The largest absolute Gasteiger partial charge is 0.378 e. The Morgan fingerprint density at radius 3 is 2.43 bits per heavy atom. The normalized spacial score (nSPS) is 26.3. The fourth-order valence-corrected chi connectivity index (χ4v) is 5.33. The number of rotatable bonds is 6. The first-order valence-electron chi connectivity index (χ1n) is 8.78. The van der Waals surface area contributed by atoms with E-state index in [2.05, 4.69) is 54.7 Å². The molecule has 1 aromatic carbocycles. The molecule has 0 aliphatic heterocycles. The first kappa shape index (κ1) is 18.5. The summed E-state index contributed by atoms with van der Waals surface area (Å²) in [6, 6.07) is 8.45. The Morgan fingerprint density at radius 2 is 1.87 bits per heavy atom. The average Bonchev–Trinajstić information content (AvgIpc) is 2.52. The Morgan fingerprint density at radius 1 is 1.22 bits per heavy atom. The van der Waals surface area contributed by atoms with Gasteiger partial charge in [-0.05, 0) is 48.3 Å². The van der Waals surface area contributed by atoms with E-state index in [4.69, 9.17) is 0 Å². The summed E-state index contributed by atoms with van der Waals surface area (Å²) in [5.41, 5.74) is 2.38. The lowest BCUT2D eigenvalue weighted by Crippen LogP contribution is -2.40. The van der Waals surface area contributed by atoms with E-state index in [9.17, 15) is 4.21 Å². The molecule has 1 fully saturated rings. The smallest absolute Gasteiger partial charge is 0.0953 e. The second kappa shape index (κ2) is 8.29. The summed E-state index contributed by atoms with van der Waals surface area (Å²) in [5.74, 6) is 1.88. The summed E-state index contributed by atoms with van der Waals surface area (Å²) in [6.45, 7) is 7.51. The Balaban J connectivity index is 1.94. The molecule has 1 N–H and O–H groups in total. The van der Waals surface area contributed by atoms with Gasteiger partial charge in [0.05, 0.1) is 16.2 Å². The second-order valence-electron chi connectivity index (χ2n) is 7.54. The van der Waals surface area contributed by atoms with Crippen molar-refractivity contribution in [3.8, 4) is 0 Å². The van der Waals surface area contributed by atoms with Gasteiger partial charge >= 0.3 is 0 Å². The molecule has 0 saturated heterocycles. The van der Waals surface area contributed by atoms with Crippen molar-refractivity contribution in [2.45, 2.75) is 51.8 Å². The van der Waals surface area contributed by atoms with E-state index in [1.807, 2.05) is 14.1 Å². The van der Waals surface area contributed by atoms with Crippen LogP contribution in [-0.2, 0) is 17.5 Å². The van der Waals surface area contributed by atoms with E-state index >= 15 is 0 Å². The molecule has 2 rings (SSSR count). The summed E-state index contributed by atoms with van der Waals surface area (Å²) >= 11 is 0. The zero-order valence-electron chi connectivity index (χ0n) is 15.2. The lowest BCUT2D eigenvalue weighted by molar-refractivity contribution is 0.240. The van der Waals surface area contributed by atoms with Crippen molar-refractivity contribution in [3.63, 3.8) is 0 Å². The number of anilines is 1. The van der Waals surface area contributed by atoms with E-state index in [1.165, 1.54) is 24.1 Å². The van der Waals surface area contributed by atoms with Crippen LogP contribution in [0.2, 0.25) is 0 Å². The quantitative estimate of drug-likeness (QED) is 0.852. The first-order chi connectivity index (χ1) is 10.9. The Labute approximate surface area is 144 Å². The van der Waals surface area contributed by atoms with Crippen molar-refractivity contribution < 1.29 is 4.21 Å². The van der Waals surface area contributed by atoms with Crippen LogP contribution in [-0.4, -0.2) is 23.6 Å². The maximum atomic E-state index is 12.8. The van der Waals surface area contributed by atoms with Crippen LogP contribution in [0.15, 0.2) is 24.3 Å².